The highest BCUT2D eigenvalue weighted by molar-refractivity contribution is 6.22. The van der Waals surface area contributed by atoms with Gasteiger partial charge in [-0.3, -0.25) is 24.1 Å². The SMILES string of the molecule is COCCCN1C(=O)c2ccc(C(=O)N3CCCN(C(=O)C(C)C)CC3)cc2C1=O. The Morgan fingerprint density at radius 3 is 2.37 bits per heavy atom. The monoisotopic (exact) mass is 415 g/mol. The zero-order valence-electron chi connectivity index (χ0n) is 17.8. The first-order valence-corrected chi connectivity index (χ1v) is 10.4. The summed E-state index contributed by atoms with van der Waals surface area (Å²) in [4.78, 5) is 55.2. The van der Waals surface area contributed by atoms with Gasteiger partial charge >= 0.3 is 0 Å². The maximum absolute atomic E-state index is 13.0. The molecule has 0 radical (unpaired) electrons. The van der Waals surface area contributed by atoms with Crippen molar-refractivity contribution in [1.29, 1.82) is 0 Å². The Morgan fingerprint density at radius 2 is 1.67 bits per heavy atom. The summed E-state index contributed by atoms with van der Waals surface area (Å²) < 4.78 is 4.99. The van der Waals surface area contributed by atoms with E-state index in [1.807, 2.05) is 13.8 Å². The summed E-state index contributed by atoms with van der Waals surface area (Å²) in [7, 11) is 1.57. The van der Waals surface area contributed by atoms with Crippen molar-refractivity contribution in [3.63, 3.8) is 0 Å². The second-order valence-electron chi connectivity index (χ2n) is 7.99. The van der Waals surface area contributed by atoms with Crippen LogP contribution in [0.15, 0.2) is 18.2 Å². The van der Waals surface area contributed by atoms with E-state index >= 15 is 0 Å². The Kier molecular flexibility index (Phi) is 6.87. The van der Waals surface area contributed by atoms with E-state index in [-0.39, 0.29) is 41.7 Å². The summed E-state index contributed by atoms with van der Waals surface area (Å²) in [6, 6.07) is 4.69. The molecule has 1 fully saturated rings. The summed E-state index contributed by atoms with van der Waals surface area (Å²) in [5.74, 6) is -0.860. The minimum atomic E-state index is -0.370. The fourth-order valence-electron chi connectivity index (χ4n) is 3.88. The molecular formula is C22H29N3O5. The zero-order chi connectivity index (χ0) is 21.8. The van der Waals surface area contributed by atoms with Crippen molar-refractivity contribution in [2.24, 2.45) is 5.92 Å². The van der Waals surface area contributed by atoms with E-state index in [0.717, 1.165) is 0 Å². The van der Waals surface area contributed by atoms with Crippen molar-refractivity contribution in [2.45, 2.75) is 26.7 Å². The molecule has 0 aromatic heterocycles. The lowest BCUT2D eigenvalue weighted by molar-refractivity contribution is -0.134. The van der Waals surface area contributed by atoms with Gasteiger partial charge in [0.2, 0.25) is 5.91 Å². The van der Waals surface area contributed by atoms with E-state index in [1.165, 1.54) is 11.0 Å². The first-order valence-electron chi connectivity index (χ1n) is 10.4. The molecule has 1 aromatic carbocycles. The highest BCUT2D eigenvalue weighted by atomic mass is 16.5. The first-order chi connectivity index (χ1) is 14.3. The maximum Gasteiger partial charge on any atom is 0.261 e. The van der Waals surface area contributed by atoms with Crippen molar-refractivity contribution < 1.29 is 23.9 Å². The van der Waals surface area contributed by atoms with E-state index < -0.39 is 0 Å². The number of imide groups is 1. The largest absolute Gasteiger partial charge is 0.385 e. The van der Waals surface area contributed by atoms with Crippen LogP contribution in [0.25, 0.3) is 0 Å². The number of methoxy groups -OCH3 is 1. The van der Waals surface area contributed by atoms with Gasteiger partial charge in [0.05, 0.1) is 11.1 Å². The molecule has 4 amide bonds. The summed E-state index contributed by atoms with van der Waals surface area (Å²) >= 11 is 0. The van der Waals surface area contributed by atoms with Gasteiger partial charge in [0.25, 0.3) is 17.7 Å². The molecule has 0 bridgehead atoms. The molecule has 8 nitrogen and oxygen atoms in total. The van der Waals surface area contributed by atoms with Gasteiger partial charge < -0.3 is 14.5 Å². The van der Waals surface area contributed by atoms with Gasteiger partial charge in [-0.25, -0.2) is 0 Å². The predicted octanol–water partition coefficient (Wildman–Crippen LogP) is 1.65. The second-order valence-corrected chi connectivity index (χ2v) is 7.99. The van der Waals surface area contributed by atoms with Gasteiger partial charge in [-0.1, -0.05) is 13.8 Å². The number of hydrogen-bond acceptors (Lipinski definition) is 5. The third-order valence-electron chi connectivity index (χ3n) is 5.54. The molecular weight excluding hydrogens is 386 g/mol. The molecule has 2 aliphatic heterocycles. The lowest BCUT2D eigenvalue weighted by Crippen LogP contribution is -2.39. The molecule has 162 valence electrons. The molecule has 0 aliphatic carbocycles. The average molecular weight is 415 g/mol. The van der Waals surface area contributed by atoms with Crippen LogP contribution in [-0.2, 0) is 9.53 Å². The highest BCUT2D eigenvalue weighted by Crippen LogP contribution is 2.25. The smallest absolute Gasteiger partial charge is 0.261 e. The Bertz CT molecular complexity index is 851. The average Bonchev–Trinajstić information content (AvgIpc) is 2.91. The van der Waals surface area contributed by atoms with Crippen molar-refractivity contribution in [3.8, 4) is 0 Å². The van der Waals surface area contributed by atoms with Crippen molar-refractivity contribution >= 4 is 23.6 Å². The van der Waals surface area contributed by atoms with Gasteiger partial charge in [-0.15, -0.1) is 0 Å². The fourth-order valence-corrected chi connectivity index (χ4v) is 3.88. The van der Waals surface area contributed by atoms with Gasteiger partial charge in [-0.05, 0) is 31.0 Å². The Labute approximate surface area is 176 Å². The molecule has 0 atom stereocenters. The minimum Gasteiger partial charge on any atom is -0.385 e. The predicted molar refractivity (Wildman–Crippen MR) is 110 cm³/mol. The number of hydrogen-bond donors (Lipinski definition) is 0. The van der Waals surface area contributed by atoms with Crippen molar-refractivity contribution in [3.05, 3.63) is 34.9 Å². The van der Waals surface area contributed by atoms with Crippen molar-refractivity contribution in [2.75, 3.05) is 46.4 Å². The van der Waals surface area contributed by atoms with Crippen LogP contribution in [-0.4, -0.2) is 84.8 Å². The molecule has 0 N–H and O–H groups in total. The molecule has 1 aromatic rings. The molecule has 0 saturated carbocycles. The van der Waals surface area contributed by atoms with Gasteiger partial charge in [0, 0.05) is 57.9 Å². The maximum atomic E-state index is 13.0. The Hall–Kier alpha value is -2.74. The van der Waals surface area contributed by atoms with Gasteiger partial charge in [0.15, 0.2) is 0 Å². The molecule has 0 unspecified atom stereocenters. The highest BCUT2D eigenvalue weighted by Gasteiger charge is 2.36. The van der Waals surface area contributed by atoms with E-state index in [9.17, 15) is 19.2 Å². The molecule has 8 heteroatoms. The van der Waals surface area contributed by atoms with Crippen LogP contribution >= 0.6 is 0 Å². The van der Waals surface area contributed by atoms with E-state index in [2.05, 4.69) is 0 Å². The second kappa shape index (κ2) is 9.38. The Balaban J connectivity index is 1.71. The van der Waals surface area contributed by atoms with Gasteiger partial charge in [0.1, 0.15) is 0 Å². The van der Waals surface area contributed by atoms with Crippen LogP contribution in [0.1, 0.15) is 57.8 Å². The molecule has 2 aliphatic rings. The standard InChI is InChI=1S/C22H29N3O5/c1-15(2)19(26)23-8-4-9-24(12-11-23)20(27)16-6-7-17-18(14-16)22(29)25(21(17)28)10-5-13-30-3/h6-7,14-15H,4-5,8-13H2,1-3H3. The quantitative estimate of drug-likeness (QED) is 0.521. The van der Waals surface area contributed by atoms with Crippen LogP contribution < -0.4 is 0 Å². The van der Waals surface area contributed by atoms with E-state index in [1.54, 1.807) is 29.0 Å². The third-order valence-corrected chi connectivity index (χ3v) is 5.54. The summed E-state index contributed by atoms with van der Waals surface area (Å²) in [5.41, 5.74) is 0.991. The number of carbonyl (C=O) groups excluding carboxylic acids is 4. The third kappa shape index (κ3) is 4.38. The first kappa shape index (κ1) is 22.0. The number of nitrogens with zero attached hydrogens (tertiary/aromatic N) is 3. The number of benzene rings is 1. The lowest BCUT2D eigenvalue weighted by Gasteiger charge is -2.23. The van der Waals surface area contributed by atoms with Crippen LogP contribution in [0.5, 0.6) is 0 Å². The summed E-state index contributed by atoms with van der Waals surface area (Å²) in [6.45, 7) is 6.62. The molecule has 0 spiro atoms. The number of rotatable bonds is 6. The topological polar surface area (TPSA) is 87.2 Å². The fraction of sp³-hybridized carbons (Fsp3) is 0.545. The van der Waals surface area contributed by atoms with Gasteiger partial charge in [-0.2, -0.15) is 0 Å². The van der Waals surface area contributed by atoms with E-state index in [0.29, 0.717) is 56.8 Å². The van der Waals surface area contributed by atoms with Crippen LogP contribution in [0.3, 0.4) is 0 Å². The molecule has 30 heavy (non-hydrogen) atoms. The number of amides is 4. The molecule has 1 saturated heterocycles. The molecule has 2 heterocycles. The lowest BCUT2D eigenvalue weighted by atomic mass is 10.0. The summed E-state index contributed by atoms with van der Waals surface area (Å²) in [5, 5.41) is 0. The number of ether oxygens (including phenoxy) is 1. The summed E-state index contributed by atoms with van der Waals surface area (Å²) in [6.07, 6.45) is 1.27. The zero-order valence-corrected chi connectivity index (χ0v) is 17.8. The van der Waals surface area contributed by atoms with Crippen molar-refractivity contribution in [1.82, 2.24) is 14.7 Å². The Morgan fingerprint density at radius 1 is 1.00 bits per heavy atom. The van der Waals surface area contributed by atoms with Crippen LogP contribution in [0.2, 0.25) is 0 Å². The van der Waals surface area contributed by atoms with E-state index in [4.69, 9.17) is 4.74 Å². The number of fused-ring (bicyclic) bond motifs is 1. The minimum absolute atomic E-state index is 0.0700. The van der Waals surface area contributed by atoms with Crippen LogP contribution in [0.4, 0.5) is 0 Å². The normalized spacial score (nSPS) is 16.9. The molecule has 3 rings (SSSR count). The number of carbonyl (C=O) groups is 4. The van der Waals surface area contributed by atoms with Crippen LogP contribution in [0, 0.1) is 5.92 Å².